The van der Waals surface area contributed by atoms with Gasteiger partial charge in [0.05, 0.1) is 6.42 Å². The molecule has 4 aliphatic rings. The maximum Gasteiger partial charge on any atom is 0.327 e. The van der Waals surface area contributed by atoms with Gasteiger partial charge in [0.1, 0.15) is 17.4 Å². The Morgan fingerprint density at radius 1 is 1.13 bits per heavy atom. The topological polar surface area (TPSA) is 164 Å². The number of aliphatic carboxylic acids is 1. The zero-order valence-electron chi connectivity index (χ0n) is 22.4. The second kappa shape index (κ2) is 10.8. The summed E-state index contributed by atoms with van der Waals surface area (Å²) in [6.07, 6.45) is 4.32. The number of aliphatic hydroxyl groups is 1. The molecule has 4 aliphatic carbocycles. The van der Waals surface area contributed by atoms with Crippen LogP contribution in [0, 0.1) is 28.6 Å². The van der Waals surface area contributed by atoms with Crippen LogP contribution >= 0.6 is 12.6 Å². The maximum atomic E-state index is 13.7. The summed E-state index contributed by atoms with van der Waals surface area (Å²) in [6, 6.07) is -1.18. The summed E-state index contributed by atoms with van der Waals surface area (Å²) in [6.45, 7) is 3.19. The van der Waals surface area contributed by atoms with E-state index in [1.54, 1.807) is 13.0 Å². The number of nitrogens with one attached hydrogen (secondary N) is 1. The number of fused-ring (bicyclic) bond motifs is 5. The molecule has 0 unspecified atom stereocenters. The summed E-state index contributed by atoms with van der Waals surface area (Å²) in [5.41, 5.74) is -2.14. The van der Waals surface area contributed by atoms with Crippen LogP contribution in [0.25, 0.3) is 0 Å². The Morgan fingerprint density at radius 3 is 2.51 bits per heavy atom. The van der Waals surface area contributed by atoms with Gasteiger partial charge < -0.3 is 20.3 Å². The molecule has 0 aromatic rings. The number of carbonyl (C=O) groups excluding carboxylic acids is 5. The van der Waals surface area contributed by atoms with Gasteiger partial charge in [-0.05, 0) is 55.4 Å². The molecule has 7 atom stereocenters. The molecule has 0 aliphatic heterocycles. The van der Waals surface area contributed by atoms with Crippen LogP contribution in [-0.2, 0) is 33.5 Å². The Kier molecular flexibility index (Phi) is 8.16. The molecule has 11 heteroatoms. The monoisotopic (exact) mass is 563 g/mol. The number of carboxylic acid groups (broad SMARTS) is 1. The van der Waals surface area contributed by atoms with Gasteiger partial charge in [-0.15, -0.1) is 0 Å². The van der Waals surface area contributed by atoms with E-state index in [2.05, 4.69) is 24.9 Å². The summed E-state index contributed by atoms with van der Waals surface area (Å²) in [5, 5.41) is 22.9. The standard InChI is InChI=1S/C28H37NO9S/c1-26-9-7-16(30)11-15(26)3-4-17-18-8-10-28(37,27(18,2)12-20(31)24(17)26)21(32)13-38-23(34)6-5-22(33)29-19(14-39)25(35)36/h11,17-19,24,37,39H,3-10,12-14H2,1-2H3,(H,29,33)(H,35,36)/t17-,18-,19-,24+,26-,27-,28-/m0/s1. The first-order chi connectivity index (χ1) is 18.3. The third kappa shape index (κ3) is 5.08. The van der Waals surface area contributed by atoms with Crippen molar-refractivity contribution in [1.29, 1.82) is 0 Å². The second-order valence-corrected chi connectivity index (χ2v) is 12.4. The van der Waals surface area contributed by atoms with E-state index in [0.717, 1.165) is 18.4 Å². The molecule has 0 bridgehead atoms. The van der Waals surface area contributed by atoms with Crippen molar-refractivity contribution in [2.24, 2.45) is 28.6 Å². The molecule has 3 fully saturated rings. The summed E-state index contributed by atoms with van der Waals surface area (Å²) in [5.74, 6) is -3.70. The van der Waals surface area contributed by atoms with Crippen molar-refractivity contribution < 1.29 is 43.7 Å². The molecule has 0 saturated heterocycles. The van der Waals surface area contributed by atoms with Crippen molar-refractivity contribution in [2.75, 3.05) is 12.4 Å². The lowest BCUT2D eigenvalue weighted by Crippen LogP contribution is -2.61. The molecule has 0 heterocycles. The van der Waals surface area contributed by atoms with Gasteiger partial charge in [-0.3, -0.25) is 24.0 Å². The average molecular weight is 564 g/mol. The third-order valence-corrected chi connectivity index (χ3v) is 10.4. The molecule has 214 valence electrons. The van der Waals surface area contributed by atoms with Crippen LogP contribution in [0.2, 0.25) is 0 Å². The van der Waals surface area contributed by atoms with Gasteiger partial charge in [0.2, 0.25) is 11.7 Å². The van der Waals surface area contributed by atoms with Crippen molar-refractivity contribution in [2.45, 2.75) is 83.3 Å². The van der Waals surface area contributed by atoms with Gasteiger partial charge in [-0.25, -0.2) is 4.79 Å². The van der Waals surface area contributed by atoms with E-state index in [-0.39, 0.29) is 66.2 Å². The molecule has 0 spiro atoms. The number of Topliss-reactive ketones (excluding diaryl/α,β-unsaturated/α-hetero) is 2. The first kappa shape index (κ1) is 29.5. The fourth-order valence-corrected chi connectivity index (χ4v) is 8.10. The highest BCUT2D eigenvalue weighted by Gasteiger charge is 2.68. The largest absolute Gasteiger partial charge is 0.480 e. The van der Waals surface area contributed by atoms with Crippen LogP contribution in [0.1, 0.15) is 71.6 Å². The highest BCUT2D eigenvalue weighted by atomic mass is 32.1. The minimum Gasteiger partial charge on any atom is -0.480 e. The van der Waals surface area contributed by atoms with Gasteiger partial charge in [-0.2, -0.15) is 12.6 Å². The van der Waals surface area contributed by atoms with E-state index in [1.807, 2.05) is 0 Å². The summed E-state index contributed by atoms with van der Waals surface area (Å²) in [4.78, 5) is 74.1. The molecular formula is C28H37NO9S. The SMILES string of the molecule is C[C@]12CCC(=O)C=C1CC[C@@H]1[C@@H]2C(=O)C[C@@]2(C)[C@H]1CC[C@]2(O)C(=O)COC(=O)CCC(=O)N[C@@H](CS)C(=O)O. The van der Waals surface area contributed by atoms with E-state index in [4.69, 9.17) is 9.84 Å². The van der Waals surface area contributed by atoms with Crippen molar-refractivity contribution in [3.63, 3.8) is 0 Å². The van der Waals surface area contributed by atoms with Crippen LogP contribution in [0.3, 0.4) is 0 Å². The zero-order valence-corrected chi connectivity index (χ0v) is 23.3. The van der Waals surface area contributed by atoms with Gasteiger partial charge in [-0.1, -0.05) is 19.4 Å². The molecule has 3 saturated carbocycles. The molecule has 0 radical (unpaired) electrons. The highest BCUT2D eigenvalue weighted by Crippen LogP contribution is 2.66. The molecule has 0 aromatic carbocycles. The molecule has 4 rings (SSSR count). The van der Waals surface area contributed by atoms with Crippen molar-refractivity contribution in [1.82, 2.24) is 5.32 Å². The molecule has 10 nitrogen and oxygen atoms in total. The van der Waals surface area contributed by atoms with Gasteiger partial charge in [0.15, 0.2) is 12.4 Å². The molecule has 0 aromatic heterocycles. The maximum absolute atomic E-state index is 13.7. The van der Waals surface area contributed by atoms with E-state index < -0.39 is 47.3 Å². The van der Waals surface area contributed by atoms with Crippen molar-refractivity contribution in [3.8, 4) is 0 Å². The first-order valence-corrected chi connectivity index (χ1v) is 14.2. The van der Waals surface area contributed by atoms with Crippen LogP contribution < -0.4 is 5.32 Å². The summed E-state index contributed by atoms with van der Waals surface area (Å²) >= 11 is 3.86. The number of rotatable bonds is 9. The smallest absolute Gasteiger partial charge is 0.327 e. The lowest BCUT2D eigenvalue weighted by Gasteiger charge is -2.57. The minimum absolute atomic E-state index is 0.00127. The molecular weight excluding hydrogens is 526 g/mol. The fourth-order valence-electron chi connectivity index (χ4n) is 7.85. The molecule has 1 amide bonds. The Morgan fingerprint density at radius 2 is 1.85 bits per heavy atom. The number of ketones is 3. The van der Waals surface area contributed by atoms with Crippen LogP contribution in [0.4, 0.5) is 0 Å². The summed E-state index contributed by atoms with van der Waals surface area (Å²) in [7, 11) is 0. The Balaban J connectivity index is 1.39. The number of amides is 1. The first-order valence-electron chi connectivity index (χ1n) is 13.6. The Bertz CT molecular complexity index is 1130. The lowest BCUT2D eigenvalue weighted by atomic mass is 9.46. The summed E-state index contributed by atoms with van der Waals surface area (Å²) < 4.78 is 5.08. The number of carboxylic acids is 1. The molecule has 3 N–H and O–H groups in total. The number of esters is 1. The highest BCUT2D eigenvalue weighted by molar-refractivity contribution is 7.80. The van der Waals surface area contributed by atoms with E-state index in [0.29, 0.717) is 19.3 Å². The number of hydrogen-bond donors (Lipinski definition) is 4. The van der Waals surface area contributed by atoms with Crippen LogP contribution in [0.15, 0.2) is 11.6 Å². The normalized spacial score (nSPS) is 36.1. The predicted molar refractivity (Wildman–Crippen MR) is 141 cm³/mol. The number of allylic oxidation sites excluding steroid dienone is 1. The molecule has 39 heavy (non-hydrogen) atoms. The quantitative estimate of drug-likeness (QED) is 0.242. The van der Waals surface area contributed by atoms with Crippen molar-refractivity contribution >= 4 is 47.8 Å². The third-order valence-electron chi connectivity index (χ3n) is 10.0. The minimum atomic E-state index is -1.82. The van der Waals surface area contributed by atoms with Crippen molar-refractivity contribution in [3.05, 3.63) is 11.6 Å². The van der Waals surface area contributed by atoms with Gasteiger partial charge in [0, 0.05) is 36.3 Å². The van der Waals surface area contributed by atoms with E-state index in [1.165, 1.54) is 0 Å². The number of hydrogen-bond acceptors (Lipinski definition) is 9. The fraction of sp³-hybridized carbons (Fsp3) is 0.714. The number of carbonyl (C=O) groups is 6. The van der Waals surface area contributed by atoms with E-state index >= 15 is 0 Å². The Labute approximate surface area is 232 Å². The average Bonchev–Trinajstić information content (AvgIpc) is 3.15. The van der Waals surface area contributed by atoms with Crippen LogP contribution in [0.5, 0.6) is 0 Å². The predicted octanol–water partition coefficient (Wildman–Crippen LogP) is 1.82. The van der Waals surface area contributed by atoms with E-state index in [9.17, 15) is 33.9 Å². The number of thiol groups is 1. The van der Waals surface area contributed by atoms with Gasteiger partial charge >= 0.3 is 11.9 Å². The lowest BCUT2D eigenvalue weighted by molar-refractivity contribution is -0.173. The van der Waals surface area contributed by atoms with Crippen LogP contribution in [-0.4, -0.2) is 69.4 Å². The second-order valence-electron chi connectivity index (χ2n) is 12.0. The Hall–Kier alpha value is -2.53. The van der Waals surface area contributed by atoms with Gasteiger partial charge in [0.25, 0.3) is 0 Å². The number of ether oxygens (including phenoxy) is 1. The zero-order chi connectivity index (χ0) is 28.8.